The van der Waals surface area contributed by atoms with Crippen LogP contribution in [-0.4, -0.2) is 20.9 Å². The predicted octanol–water partition coefficient (Wildman–Crippen LogP) is 4.47. The Hall–Kier alpha value is -2.92. The number of nitrogens with zero attached hydrogens (tertiary/aromatic N) is 1. The second-order valence-electron chi connectivity index (χ2n) is 7.85. The molecule has 0 amide bonds. The molecule has 0 spiro atoms. The lowest BCUT2D eigenvalue weighted by molar-refractivity contribution is 0.0912. The van der Waals surface area contributed by atoms with Gasteiger partial charge in [-0.05, 0) is 30.0 Å². The first-order chi connectivity index (χ1) is 13.0. The molecule has 0 atom stereocenters. The molecule has 0 unspecified atom stereocenters. The van der Waals surface area contributed by atoms with Gasteiger partial charge in [0.1, 0.15) is 0 Å². The Labute approximate surface area is 158 Å². The summed E-state index contributed by atoms with van der Waals surface area (Å²) in [5.74, 6) is 0.141. The number of aliphatic hydroxyl groups is 1. The largest absolute Gasteiger partial charge is 0.392 e. The van der Waals surface area contributed by atoms with Crippen molar-refractivity contribution in [3.8, 4) is 11.3 Å². The second-order valence-corrected chi connectivity index (χ2v) is 7.85. The number of carbonyl (C=O) groups is 1. The van der Waals surface area contributed by atoms with E-state index in [0.29, 0.717) is 6.42 Å². The highest BCUT2D eigenvalue weighted by Gasteiger charge is 2.35. The van der Waals surface area contributed by atoms with Gasteiger partial charge in [-0.2, -0.15) is 0 Å². The highest BCUT2D eigenvalue weighted by molar-refractivity contribution is 6.07. The zero-order chi connectivity index (χ0) is 19.0. The van der Waals surface area contributed by atoms with Crippen LogP contribution in [0.1, 0.15) is 41.9 Å². The molecule has 1 aliphatic carbocycles. The monoisotopic (exact) mass is 361 g/mol. The van der Waals surface area contributed by atoms with Crippen LogP contribution >= 0.6 is 0 Å². The fourth-order valence-corrected chi connectivity index (χ4v) is 3.83. The quantitative estimate of drug-likeness (QED) is 0.641. The summed E-state index contributed by atoms with van der Waals surface area (Å²) >= 11 is 0. The van der Waals surface area contributed by atoms with Crippen LogP contribution in [0.25, 0.3) is 11.3 Å². The van der Waals surface area contributed by atoms with E-state index in [0.717, 1.165) is 45.9 Å². The Kier molecular flexibility index (Phi) is 4.32. The Balaban J connectivity index is 1.89. The van der Waals surface area contributed by atoms with Crippen molar-refractivity contribution in [3.05, 3.63) is 65.6 Å². The van der Waals surface area contributed by atoms with Crippen LogP contribution in [-0.2, 0) is 13.0 Å². The van der Waals surface area contributed by atoms with E-state index in [1.54, 1.807) is 12.4 Å². The van der Waals surface area contributed by atoms with Crippen LogP contribution in [0.5, 0.6) is 0 Å². The molecule has 5 heteroatoms. The Morgan fingerprint density at radius 2 is 1.89 bits per heavy atom. The number of para-hydroxylation sites is 1. The van der Waals surface area contributed by atoms with Crippen LogP contribution < -0.4 is 5.32 Å². The zero-order valence-corrected chi connectivity index (χ0v) is 15.5. The van der Waals surface area contributed by atoms with Crippen molar-refractivity contribution < 1.29 is 9.90 Å². The third kappa shape index (κ3) is 3.26. The van der Waals surface area contributed by atoms with Gasteiger partial charge < -0.3 is 15.4 Å². The molecular formula is C22H23N3O2. The molecule has 138 valence electrons. The lowest BCUT2D eigenvalue weighted by Gasteiger charge is -2.28. The molecule has 0 bridgehead atoms. The van der Waals surface area contributed by atoms with Crippen LogP contribution in [0, 0.1) is 5.41 Å². The van der Waals surface area contributed by atoms with Crippen LogP contribution in [0.2, 0.25) is 0 Å². The van der Waals surface area contributed by atoms with E-state index in [1.807, 2.05) is 36.4 Å². The maximum absolute atomic E-state index is 13.0. The van der Waals surface area contributed by atoms with Gasteiger partial charge in [0.2, 0.25) is 0 Å². The molecule has 0 radical (unpaired) electrons. The number of aromatic nitrogens is 2. The van der Waals surface area contributed by atoms with Crippen molar-refractivity contribution in [2.24, 2.45) is 5.41 Å². The average Bonchev–Trinajstić information content (AvgIpc) is 3.00. The number of benzene rings is 1. The lowest BCUT2D eigenvalue weighted by atomic mass is 9.76. The maximum atomic E-state index is 13.0. The average molecular weight is 361 g/mol. The van der Waals surface area contributed by atoms with E-state index in [9.17, 15) is 9.90 Å². The molecule has 3 aromatic rings. The molecule has 0 aliphatic heterocycles. The van der Waals surface area contributed by atoms with E-state index in [1.165, 1.54) is 0 Å². The van der Waals surface area contributed by atoms with E-state index in [2.05, 4.69) is 29.1 Å². The van der Waals surface area contributed by atoms with Gasteiger partial charge in [0.25, 0.3) is 0 Å². The Morgan fingerprint density at radius 1 is 1.15 bits per heavy atom. The Bertz CT molecular complexity index is 990. The third-order valence-electron chi connectivity index (χ3n) is 5.07. The summed E-state index contributed by atoms with van der Waals surface area (Å²) in [5.41, 5.74) is 5.84. The number of Topliss-reactive ketones (excluding diaryl/α,β-unsaturated/α-hetero) is 1. The summed E-state index contributed by atoms with van der Waals surface area (Å²) in [6.07, 6.45) is 4.82. The van der Waals surface area contributed by atoms with Crippen LogP contribution in [0.15, 0.2) is 48.8 Å². The first kappa shape index (κ1) is 17.5. The highest BCUT2D eigenvalue weighted by atomic mass is 16.3. The summed E-state index contributed by atoms with van der Waals surface area (Å²) in [5, 5.41) is 13.1. The molecule has 1 aliphatic rings. The van der Waals surface area contributed by atoms with E-state index < -0.39 is 0 Å². The molecule has 0 fully saturated rings. The number of aliphatic hydroxyl groups excluding tert-OH is 1. The van der Waals surface area contributed by atoms with E-state index >= 15 is 0 Å². The normalized spacial score (nSPS) is 15.4. The highest BCUT2D eigenvalue weighted by Crippen LogP contribution is 2.43. The summed E-state index contributed by atoms with van der Waals surface area (Å²) in [6.45, 7) is 4.17. The summed E-state index contributed by atoms with van der Waals surface area (Å²) in [4.78, 5) is 20.6. The van der Waals surface area contributed by atoms with Crippen molar-refractivity contribution >= 4 is 17.2 Å². The van der Waals surface area contributed by atoms with Crippen molar-refractivity contribution in [3.63, 3.8) is 0 Å². The number of nitrogens with one attached hydrogen (secondary N) is 2. The number of hydrogen-bond acceptors (Lipinski definition) is 4. The molecule has 0 saturated heterocycles. The maximum Gasteiger partial charge on any atom is 0.167 e. The minimum atomic E-state index is -0.0681. The minimum absolute atomic E-state index is 0.0648. The zero-order valence-electron chi connectivity index (χ0n) is 15.5. The van der Waals surface area contributed by atoms with Crippen molar-refractivity contribution in [1.82, 2.24) is 9.97 Å². The summed E-state index contributed by atoms with van der Waals surface area (Å²) in [7, 11) is 0. The molecule has 27 heavy (non-hydrogen) atoms. The number of pyridine rings is 1. The number of carbonyl (C=O) groups excluding carboxylic acids is 1. The van der Waals surface area contributed by atoms with Crippen LogP contribution in [0.3, 0.4) is 0 Å². The van der Waals surface area contributed by atoms with Gasteiger partial charge >= 0.3 is 0 Å². The van der Waals surface area contributed by atoms with Crippen molar-refractivity contribution in [2.75, 3.05) is 5.32 Å². The van der Waals surface area contributed by atoms with Gasteiger partial charge in [-0.15, -0.1) is 0 Å². The fraction of sp³-hybridized carbons (Fsp3) is 0.273. The number of rotatable bonds is 4. The lowest BCUT2D eigenvalue weighted by Crippen LogP contribution is -2.26. The van der Waals surface area contributed by atoms with Crippen LogP contribution in [0.4, 0.5) is 11.4 Å². The topological polar surface area (TPSA) is 78.0 Å². The first-order valence-electron chi connectivity index (χ1n) is 9.13. The molecule has 4 rings (SSSR count). The molecule has 2 heterocycles. The third-order valence-corrected chi connectivity index (χ3v) is 5.07. The van der Waals surface area contributed by atoms with Crippen molar-refractivity contribution in [2.45, 2.75) is 33.3 Å². The minimum Gasteiger partial charge on any atom is -0.392 e. The fourth-order valence-electron chi connectivity index (χ4n) is 3.83. The van der Waals surface area contributed by atoms with Gasteiger partial charge in [0.15, 0.2) is 5.78 Å². The standard InChI is InChI=1S/C22H23N3O2/c1-22(2)11-17-19(18(27)12-22)21(20(25-17)14-7-9-23-10-8-14)24-16-6-4-3-5-15(16)13-26/h3-10,24-26H,11-13H2,1-2H3. The van der Waals surface area contributed by atoms with Crippen molar-refractivity contribution in [1.29, 1.82) is 0 Å². The van der Waals surface area contributed by atoms with Gasteiger partial charge in [-0.25, -0.2) is 0 Å². The second kappa shape index (κ2) is 6.67. The molecule has 2 aromatic heterocycles. The van der Waals surface area contributed by atoms with E-state index in [-0.39, 0.29) is 17.8 Å². The van der Waals surface area contributed by atoms with Gasteiger partial charge in [-0.1, -0.05) is 32.0 Å². The van der Waals surface area contributed by atoms with E-state index in [4.69, 9.17) is 0 Å². The molecular weight excluding hydrogens is 338 g/mol. The van der Waals surface area contributed by atoms with Gasteiger partial charge in [-0.3, -0.25) is 9.78 Å². The number of ketones is 1. The number of anilines is 2. The molecule has 0 saturated carbocycles. The smallest absolute Gasteiger partial charge is 0.167 e. The Morgan fingerprint density at radius 3 is 2.63 bits per heavy atom. The summed E-state index contributed by atoms with van der Waals surface area (Å²) in [6, 6.07) is 11.4. The first-order valence-corrected chi connectivity index (χ1v) is 9.13. The SMILES string of the molecule is CC1(C)CC(=O)c2c([nH]c(-c3ccncc3)c2Nc2ccccc2CO)C1. The predicted molar refractivity (Wildman–Crippen MR) is 106 cm³/mol. The van der Waals surface area contributed by atoms with Gasteiger partial charge in [0.05, 0.1) is 23.6 Å². The number of fused-ring (bicyclic) bond motifs is 1. The molecule has 3 N–H and O–H groups in total. The number of hydrogen-bond donors (Lipinski definition) is 3. The van der Waals surface area contributed by atoms with Gasteiger partial charge in [0, 0.05) is 41.3 Å². The molecule has 5 nitrogen and oxygen atoms in total. The number of aromatic amines is 1. The summed E-state index contributed by atoms with van der Waals surface area (Å²) < 4.78 is 0. The number of H-pyrrole nitrogens is 1. The molecule has 1 aromatic carbocycles.